The van der Waals surface area contributed by atoms with Gasteiger partial charge < -0.3 is 4.90 Å². The predicted molar refractivity (Wildman–Crippen MR) is 338 cm³/mol. The maximum absolute atomic E-state index is 5.57. The van der Waals surface area contributed by atoms with Crippen LogP contribution in [0, 0.1) is 0 Å². The van der Waals surface area contributed by atoms with Crippen molar-refractivity contribution < 1.29 is 0 Å². The summed E-state index contributed by atoms with van der Waals surface area (Å²) in [6.45, 7) is 0. The van der Waals surface area contributed by atoms with Gasteiger partial charge in [-0.2, -0.15) is 5.10 Å². The number of fused-ring (bicyclic) bond motifs is 9. The van der Waals surface area contributed by atoms with Crippen LogP contribution in [-0.2, 0) is 10.8 Å². The number of aromatic nitrogens is 2. The molecule has 2 aliphatic rings. The lowest BCUT2D eigenvalue weighted by atomic mass is 9.67. The molecule has 2 aliphatic carbocycles. The summed E-state index contributed by atoms with van der Waals surface area (Å²) in [4.78, 5) is 2.52. The van der Waals surface area contributed by atoms with E-state index in [1.807, 2.05) is 0 Å². The molecule has 0 bridgehead atoms. The zero-order valence-corrected chi connectivity index (χ0v) is 44.9. The van der Waals surface area contributed by atoms with E-state index in [1.54, 1.807) is 0 Å². The molecule has 2 heterocycles. The molecule has 12 aromatic carbocycles. The van der Waals surface area contributed by atoms with Crippen molar-refractivity contribution in [3.63, 3.8) is 0 Å². The summed E-state index contributed by atoms with van der Waals surface area (Å²) in [5.41, 5.74) is 24.3. The molecule has 16 rings (SSSR count). The minimum atomic E-state index is -0.600. The zero-order chi connectivity index (χ0) is 54.2. The van der Waals surface area contributed by atoms with Crippen molar-refractivity contribution in [1.29, 1.82) is 0 Å². The van der Waals surface area contributed by atoms with Crippen LogP contribution in [0.15, 0.2) is 322 Å². The van der Waals surface area contributed by atoms with Crippen LogP contribution in [0.2, 0.25) is 0 Å². The van der Waals surface area contributed by atoms with Crippen molar-refractivity contribution in [2.75, 3.05) is 4.90 Å². The Bertz CT molecular complexity index is 4450. The highest BCUT2D eigenvalue weighted by molar-refractivity contribution is 6.10. The fraction of sp³-hybridized carbons (Fsp3) is 0.0253. The van der Waals surface area contributed by atoms with Gasteiger partial charge in [0.1, 0.15) is 5.69 Å². The second-order valence-electron chi connectivity index (χ2n) is 21.7. The predicted octanol–water partition coefficient (Wildman–Crippen LogP) is 19.7. The average Bonchev–Trinajstić information content (AvgIpc) is 2.83. The van der Waals surface area contributed by atoms with Crippen molar-refractivity contribution in [2.24, 2.45) is 0 Å². The van der Waals surface area contributed by atoms with Crippen LogP contribution in [0.3, 0.4) is 0 Å². The summed E-state index contributed by atoms with van der Waals surface area (Å²) >= 11 is 0. The lowest BCUT2D eigenvalue weighted by Gasteiger charge is -2.36. The van der Waals surface area contributed by atoms with Gasteiger partial charge in [0.25, 0.3) is 0 Å². The lowest BCUT2D eigenvalue weighted by molar-refractivity contribution is 0.767. The zero-order valence-electron chi connectivity index (χ0n) is 44.9. The highest BCUT2D eigenvalue weighted by atomic mass is 15.2. The molecule has 82 heavy (non-hydrogen) atoms. The van der Waals surface area contributed by atoms with Crippen molar-refractivity contribution >= 4 is 33.4 Å². The standard InChI is InChI=1S/C79H53N3/c1-8-26-54(27-9-1)74-51-57-50-62(44-47-65(57)77-75(55-28-10-2-11-29-55)76(80-82(74)77)56-30-12-3-13-31-56)81(63-45-48-68-66-40-22-24-42-70(66)78(72(68)52-63,58-32-14-4-15-33-58)59-34-16-5-17-35-59)64-46-49-69-67-41-23-25-43-71(67)79(73(69)53-64,60-36-18-6-19-37-60)61-38-20-7-21-39-61/h1-53H. The smallest absolute Gasteiger partial charge is 0.101 e. The number of anilines is 3. The van der Waals surface area contributed by atoms with E-state index >= 15 is 0 Å². The first-order valence-corrected chi connectivity index (χ1v) is 28.4. The summed E-state index contributed by atoms with van der Waals surface area (Å²) in [5, 5.41) is 7.80. The fourth-order valence-corrected chi connectivity index (χ4v) is 14.2. The summed E-state index contributed by atoms with van der Waals surface area (Å²) < 4.78 is 2.19. The van der Waals surface area contributed by atoms with Crippen molar-refractivity contribution in [1.82, 2.24) is 9.61 Å². The quantitative estimate of drug-likeness (QED) is 0.136. The normalized spacial score (nSPS) is 13.3. The van der Waals surface area contributed by atoms with Gasteiger partial charge in [-0.25, -0.2) is 4.52 Å². The molecule has 2 aromatic heterocycles. The van der Waals surface area contributed by atoms with Crippen molar-refractivity contribution in [3.05, 3.63) is 366 Å². The molecule has 0 fully saturated rings. The molecule has 0 aliphatic heterocycles. The van der Waals surface area contributed by atoms with Crippen LogP contribution in [0.1, 0.15) is 44.5 Å². The van der Waals surface area contributed by atoms with E-state index in [4.69, 9.17) is 5.10 Å². The van der Waals surface area contributed by atoms with Crippen molar-refractivity contribution in [3.8, 4) is 55.9 Å². The molecule has 3 heteroatoms. The summed E-state index contributed by atoms with van der Waals surface area (Å²) in [6.07, 6.45) is 0. The Morgan fingerprint density at radius 3 is 1.12 bits per heavy atom. The van der Waals surface area contributed by atoms with Crippen LogP contribution in [0.25, 0.3) is 72.2 Å². The van der Waals surface area contributed by atoms with Gasteiger partial charge >= 0.3 is 0 Å². The van der Waals surface area contributed by atoms with Crippen molar-refractivity contribution in [2.45, 2.75) is 10.8 Å². The van der Waals surface area contributed by atoms with Gasteiger partial charge in [0.15, 0.2) is 0 Å². The van der Waals surface area contributed by atoms with E-state index in [0.29, 0.717) is 0 Å². The maximum Gasteiger partial charge on any atom is 0.101 e. The van der Waals surface area contributed by atoms with Gasteiger partial charge in [0, 0.05) is 39.1 Å². The van der Waals surface area contributed by atoms with Gasteiger partial charge in [-0.15, -0.1) is 0 Å². The van der Waals surface area contributed by atoms with Gasteiger partial charge in [-0.05, 0) is 120 Å². The second kappa shape index (κ2) is 19.0. The Balaban J connectivity index is 1.00. The molecule has 0 N–H and O–H groups in total. The van der Waals surface area contributed by atoms with Gasteiger partial charge in [-0.1, -0.05) is 279 Å². The molecule has 0 radical (unpaired) electrons. The summed E-state index contributed by atoms with van der Waals surface area (Å²) in [6, 6.07) is 119. The first kappa shape index (κ1) is 47.4. The second-order valence-corrected chi connectivity index (χ2v) is 21.7. The Morgan fingerprint density at radius 2 is 0.659 bits per heavy atom. The van der Waals surface area contributed by atoms with Crippen LogP contribution in [0.4, 0.5) is 17.1 Å². The third kappa shape index (κ3) is 7.06. The number of rotatable bonds is 10. The Kier molecular flexibility index (Phi) is 11.0. The van der Waals surface area contributed by atoms with E-state index in [0.717, 1.165) is 67.0 Å². The minimum Gasteiger partial charge on any atom is -0.310 e. The molecular weight excluding hydrogens is 991 g/mol. The molecule has 0 unspecified atom stereocenters. The largest absolute Gasteiger partial charge is 0.310 e. The molecule has 14 aromatic rings. The molecule has 0 spiro atoms. The molecule has 0 amide bonds. The summed E-state index contributed by atoms with van der Waals surface area (Å²) in [5.74, 6) is 0. The van der Waals surface area contributed by atoms with Crippen LogP contribution >= 0.6 is 0 Å². The van der Waals surface area contributed by atoms with Gasteiger partial charge in [-0.3, -0.25) is 0 Å². The topological polar surface area (TPSA) is 20.5 Å². The number of benzene rings is 12. The van der Waals surface area contributed by atoms with E-state index in [1.165, 1.54) is 66.8 Å². The van der Waals surface area contributed by atoms with E-state index in [2.05, 4.69) is 331 Å². The van der Waals surface area contributed by atoms with Gasteiger partial charge in [0.05, 0.1) is 22.0 Å². The minimum absolute atomic E-state index is 0.600. The average molecular weight is 1040 g/mol. The number of hydrogen-bond acceptors (Lipinski definition) is 2. The third-order valence-corrected chi connectivity index (χ3v) is 17.5. The highest BCUT2D eigenvalue weighted by Gasteiger charge is 2.48. The fourth-order valence-electron chi connectivity index (χ4n) is 14.2. The Labute approximate surface area is 478 Å². The molecule has 3 nitrogen and oxygen atoms in total. The number of nitrogens with zero attached hydrogens (tertiary/aromatic N) is 3. The molecule has 0 saturated carbocycles. The Morgan fingerprint density at radius 1 is 0.293 bits per heavy atom. The van der Waals surface area contributed by atoms with Crippen LogP contribution in [0.5, 0.6) is 0 Å². The van der Waals surface area contributed by atoms with Gasteiger partial charge in [0.2, 0.25) is 0 Å². The molecule has 0 saturated heterocycles. The molecule has 0 atom stereocenters. The van der Waals surface area contributed by atoms with Crippen LogP contribution in [-0.4, -0.2) is 9.61 Å². The van der Waals surface area contributed by atoms with E-state index in [9.17, 15) is 0 Å². The third-order valence-electron chi connectivity index (χ3n) is 17.5. The lowest BCUT2D eigenvalue weighted by Crippen LogP contribution is -2.29. The van der Waals surface area contributed by atoms with Crippen LogP contribution < -0.4 is 4.90 Å². The van der Waals surface area contributed by atoms with E-state index < -0.39 is 10.8 Å². The first-order chi connectivity index (χ1) is 40.7. The van der Waals surface area contributed by atoms with E-state index in [-0.39, 0.29) is 0 Å². The SMILES string of the molecule is c1ccc(-c2nn3c(-c4ccccc4)cc4cc(N(c5ccc6c(c5)C(c5ccccc5)(c5ccccc5)c5ccccc5-6)c5ccc6c(c5)C(c5ccccc5)(c5ccccc5)c5ccccc5-6)ccc4c3c2-c2ccccc2)cc1. The highest BCUT2D eigenvalue weighted by Crippen LogP contribution is 2.60. The Hall–Kier alpha value is -10.6. The monoisotopic (exact) mass is 1040 g/mol. The maximum atomic E-state index is 5.57. The molecular formula is C79H53N3. The first-order valence-electron chi connectivity index (χ1n) is 28.4. The summed E-state index contributed by atoms with van der Waals surface area (Å²) in [7, 11) is 0. The number of hydrogen-bond donors (Lipinski definition) is 0. The number of pyridine rings is 1. The molecule has 384 valence electrons.